The van der Waals surface area contributed by atoms with Crippen LogP contribution in [0, 0.1) is 0 Å². The van der Waals surface area contributed by atoms with E-state index in [2.05, 4.69) is 5.32 Å². The molecule has 5 nitrogen and oxygen atoms in total. The van der Waals surface area contributed by atoms with Gasteiger partial charge in [0.05, 0.1) is 12.2 Å². The van der Waals surface area contributed by atoms with E-state index >= 15 is 0 Å². The first-order valence-electron chi connectivity index (χ1n) is 8.69. The maximum absolute atomic E-state index is 12.4. The van der Waals surface area contributed by atoms with E-state index in [0.29, 0.717) is 35.1 Å². The molecular formula is C20H21ClN2O3. The zero-order valence-electron chi connectivity index (χ0n) is 14.6. The minimum atomic E-state index is -0.146. The first kappa shape index (κ1) is 18.3. The van der Waals surface area contributed by atoms with Crippen molar-refractivity contribution in [2.75, 3.05) is 16.8 Å². The van der Waals surface area contributed by atoms with E-state index in [0.717, 1.165) is 18.4 Å². The molecule has 0 bridgehead atoms. The number of nitrogens with one attached hydrogen (secondary N) is 1. The summed E-state index contributed by atoms with van der Waals surface area (Å²) in [7, 11) is 0. The van der Waals surface area contributed by atoms with E-state index in [-0.39, 0.29) is 18.4 Å². The van der Waals surface area contributed by atoms with Crippen molar-refractivity contribution < 1.29 is 14.3 Å². The first-order valence-corrected chi connectivity index (χ1v) is 9.06. The van der Waals surface area contributed by atoms with Crippen LogP contribution in [0.5, 0.6) is 5.75 Å². The highest BCUT2D eigenvalue weighted by atomic mass is 35.5. The number of nitrogens with zero attached hydrogens (tertiary/aromatic N) is 1. The van der Waals surface area contributed by atoms with Gasteiger partial charge in [-0.2, -0.15) is 0 Å². The van der Waals surface area contributed by atoms with Gasteiger partial charge in [0.1, 0.15) is 5.75 Å². The molecule has 2 amide bonds. The third-order valence-electron chi connectivity index (χ3n) is 4.23. The molecule has 0 saturated heterocycles. The molecule has 1 aliphatic heterocycles. The van der Waals surface area contributed by atoms with Crippen LogP contribution in [0.2, 0.25) is 5.02 Å². The summed E-state index contributed by atoms with van der Waals surface area (Å²) < 4.78 is 5.52. The summed E-state index contributed by atoms with van der Waals surface area (Å²) >= 11 is 6.24. The summed E-state index contributed by atoms with van der Waals surface area (Å²) in [6, 6.07) is 12.8. The number of amides is 2. The van der Waals surface area contributed by atoms with E-state index < -0.39 is 0 Å². The number of unbranched alkanes of at least 4 members (excludes halogenated alkanes) is 1. The van der Waals surface area contributed by atoms with Crippen molar-refractivity contribution in [3.63, 3.8) is 0 Å². The van der Waals surface area contributed by atoms with Crippen LogP contribution in [0.4, 0.5) is 11.4 Å². The maximum Gasteiger partial charge on any atom is 0.265 e. The average Bonchev–Trinajstić information content (AvgIpc) is 2.64. The van der Waals surface area contributed by atoms with Gasteiger partial charge in [-0.15, -0.1) is 0 Å². The van der Waals surface area contributed by atoms with E-state index in [1.54, 1.807) is 29.2 Å². The molecule has 26 heavy (non-hydrogen) atoms. The number of carbonyl (C=O) groups excluding carboxylic acids is 2. The Kier molecular flexibility index (Phi) is 5.78. The fourth-order valence-corrected chi connectivity index (χ4v) is 3.01. The molecule has 0 aromatic heterocycles. The summed E-state index contributed by atoms with van der Waals surface area (Å²) in [5.74, 6) is 0.433. The summed E-state index contributed by atoms with van der Waals surface area (Å²) in [4.78, 5) is 26.0. The molecular weight excluding hydrogens is 352 g/mol. The minimum Gasteiger partial charge on any atom is -0.482 e. The van der Waals surface area contributed by atoms with Gasteiger partial charge in [-0.05, 0) is 36.2 Å². The van der Waals surface area contributed by atoms with Gasteiger partial charge in [-0.1, -0.05) is 43.1 Å². The molecule has 2 aromatic carbocycles. The fraction of sp³-hybridized carbons (Fsp3) is 0.300. The lowest BCUT2D eigenvalue weighted by Crippen LogP contribution is -2.38. The number of fused-ring (bicyclic) bond motifs is 1. The van der Waals surface area contributed by atoms with Crippen LogP contribution in [-0.2, 0) is 16.1 Å². The van der Waals surface area contributed by atoms with Gasteiger partial charge in [0.15, 0.2) is 6.61 Å². The summed E-state index contributed by atoms with van der Waals surface area (Å²) in [5.41, 5.74) is 2.13. The van der Waals surface area contributed by atoms with Crippen LogP contribution in [0.1, 0.15) is 31.7 Å². The second kappa shape index (κ2) is 8.23. The Morgan fingerprint density at radius 3 is 2.85 bits per heavy atom. The van der Waals surface area contributed by atoms with E-state index in [1.807, 2.05) is 25.1 Å². The normalized spacial score (nSPS) is 13.2. The molecule has 0 atom stereocenters. The quantitative estimate of drug-likeness (QED) is 0.817. The Labute approximate surface area is 157 Å². The Hall–Kier alpha value is -2.53. The zero-order valence-corrected chi connectivity index (χ0v) is 15.4. The minimum absolute atomic E-state index is 0.0142. The van der Waals surface area contributed by atoms with Crippen LogP contribution >= 0.6 is 11.6 Å². The van der Waals surface area contributed by atoms with Crippen LogP contribution < -0.4 is 15.0 Å². The van der Waals surface area contributed by atoms with Gasteiger partial charge in [0.2, 0.25) is 5.91 Å². The SMILES string of the molecule is CCCCC(=O)Nc1ccc2c(c1)N(Cc1ccccc1Cl)C(=O)CO2. The monoisotopic (exact) mass is 372 g/mol. The number of rotatable bonds is 6. The van der Waals surface area contributed by atoms with Crippen LogP contribution in [0.3, 0.4) is 0 Å². The average molecular weight is 373 g/mol. The predicted molar refractivity (Wildman–Crippen MR) is 103 cm³/mol. The van der Waals surface area contributed by atoms with Crippen molar-refractivity contribution in [2.45, 2.75) is 32.7 Å². The molecule has 6 heteroatoms. The van der Waals surface area contributed by atoms with Crippen LogP contribution in [0.15, 0.2) is 42.5 Å². The van der Waals surface area contributed by atoms with Gasteiger partial charge in [-0.3, -0.25) is 9.59 Å². The molecule has 0 spiro atoms. The maximum atomic E-state index is 12.4. The van der Waals surface area contributed by atoms with E-state index in [4.69, 9.17) is 16.3 Å². The highest BCUT2D eigenvalue weighted by molar-refractivity contribution is 6.31. The fourth-order valence-electron chi connectivity index (χ4n) is 2.81. The number of ether oxygens (including phenoxy) is 1. The third kappa shape index (κ3) is 4.17. The van der Waals surface area contributed by atoms with Crippen molar-refractivity contribution in [3.05, 3.63) is 53.1 Å². The van der Waals surface area contributed by atoms with Crippen molar-refractivity contribution in [1.82, 2.24) is 0 Å². The predicted octanol–water partition coefficient (Wildman–Crippen LogP) is 4.39. The van der Waals surface area contributed by atoms with Crippen LogP contribution in [-0.4, -0.2) is 18.4 Å². The molecule has 1 aliphatic rings. The lowest BCUT2D eigenvalue weighted by molar-refractivity contribution is -0.121. The largest absolute Gasteiger partial charge is 0.482 e. The van der Waals surface area contributed by atoms with Crippen molar-refractivity contribution in [3.8, 4) is 5.75 Å². The molecule has 1 N–H and O–H groups in total. The van der Waals surface area contributed by atoms with Gasteiger partial charge in [0, 0.05) is 17.1 Å². The summed E-state index contributed by atoms with van der Waals surface area (Å²) in [6.45, 7) is 2.38. The smallest absolute Gasteiger partial charge is 0.265 e. The first-order chi connectivity index (χ1) is 12.6. The summed E-state index contributed by atoms with van der Waals surface area (Å²) in [5, 5.41) is 3.49. The highest BCUT2D eigenvalue weighted by Crippen LogP contribution is 2.36. The van der Waals surface area contributed by atoms with E-state index in [9.17, 15) is 9.59 Å². The molecule has 136 valence electrons. The lowest BCUT2D eigenvalue weighted by Gasteiger charge is -2.30. The van der Waals surface area contributed by atoms with Crippen molar-refractivity contribution >= 4 is 34.8 Å². The molecule has 3 rings (SSSR count). The number of carbonyl (C=O) groups is 2. The summed E-state index contributed by atoms with van der Waals surface area (Å²) in [6.07, 6.45) is 2.29. The zero-order chi connectivity index (χ0) is 18.5. The number of hydrogen-bond acceptors (Lipinski definition) is 3. The van der Waals surface area contributed by atoms with Gasteiger partial charge in [-0.25, -0.2) is 0 Å². The molecule has 0 radical (unpaired) electrons. The Morgan fingerprint density at radius 1 is 1.27 bits per heavy atom. The Morgan fingerprint density at radius 2 is 2.08 bits per heavy atom. The second-order valence-electron chi connectivity index (χ2n) is 6.19. The molecule has 0 aliphatic carbocycles. The third-order valence-corrected chi connectivity index (χ3v) is 4.60. The van der Waals surface area contributed by atoms with E-state index in [1.165, 1.54) is 0 Å². The van der Waals surface area contributed by atoms with Crippen LogP contribution in [0.25, 0.3) is 0 Å². The second-order valence-corrected chi connectivity index (χ2v) is 6.60. The Balaban J connectivity index is 1.85. The Bertz CT molecular complexity index is 822. The molecule has 0 fully saturated rings. The number of benzene rings is 2. The van der Waals surface area contributed by atoms with Crippen molar-refractivity contribution in [2.24, 2.45) is 0 Å². The number of anilines is 2. The molecule has 0 saturated carbocycles. The number of hydrogen-bond donors (Lipinski definition) is 1. The number of halogens is 1. The lowest BCUT2D eigenvalue weighted by atomic mass is 10.1. The topological polar surface area (TPSA) is 58.6 Å². The highest BCUT2D eigenvalue weighted by Gasteiger charge is 2.26. The van der Waals surface area contributed by atoms with Gasteiger partial charge in [0.25, 0.3) is 5.91 Å². The molecule has 2 aromatic rings. The van der Waals surface area contributed by atoms with Crippen molar-refractivity contribution in [1.29, 1.82) is 0 Å². The standard InChI is InChI=1S/C20H21ClN2O3/c1-2-3-8-19(24)22-15-9-10-18-17(11-15)23(20(25)13-26-18)12-14-6-4-5-7-16(14)21/h4-7,9-11H,2-3,8,12-13H2,1H3,(H,22,24). The molecule has 1 heterocycles. The van der Waals surface area contributed by atoms with Gasteiger partial charge < -0.3 is 15.0 Å². The molecule has 0 unspecified atom stereocenters. The van der Waals surface area contributed by atoms with Gasteiger partial charge >= 0.3 is 0 Å².